The minimum atomic E-state index is -0.00444. The molecule has 5 heteroatoms. The maximum absolute atomic E-state index is 8.18. The number of nitrogens with zero attached hydrogens (tertiary/aromatic N) is 3. The molecule has 0 aromatic heterocycles. The van der Waals surface area contributed by atoms with Crippen molar-refractivity contribution >= 4 is 15.9 Å². The summed E-state index contributed by atoms with van der Waals surface area (Å²) in [5.41, 5.74) is 9.35. The fourth-order valence-corrected chi connectivity index (χ4v) is 1.93. The van der Waals surface area contributed by atoms with Gasteiger partial charge in [0, 0.05) is 15.8 Å². The van der Waals surface area contributed by atoms with Crippen LogP contribution in [-0.4, -0.2) is 12.6 Å². The van der Waals surface area contributed by atoms with Crippen LogP contribution in [0, 0.1) is 0 Å². The normalized spacial score (nSPS) is 18.2. The molecule has 1 atom stereocenters. The van der Waals surface area contributed by atoms with Crippen LogP contribution in [0.2, 0.25) is 0 Å². The standard InChI is InChI=1S/C9H8BrN3O/c10-7-1-2-9-6(3-7)4-8(14-9)5-12-13-11/h1-3,8H,4-5H2/t8-/m1/s1. The van der Waals surface area contributed by atoms with E-state index in [-0.39, 0.29) is 6.10 Å². The smallest absolute Gasteiger partial charge is 0.123 e. The highest BCUT2D eigenvalue weighted by Gasteiger charge is 2.21. The van der Waals surface area contributed by atoms with E-state index < -0.39 is 0 Å². The highest BCUT2D eigenvalue weighted by Crippen LogP contribution is 2.31. The van der Waals surface area contributed by atoms with Gasteiger partial charge in [-0.1, -0.05) is 21.0 Å². The lowest BCUT2D eigenvalue weighted by molar-refractivity contribution is 0.241. The average Bonchev–Trinajstić information content (AvgIpc) is 2.56. The lowest BCUT2D eigenvalue weighted by atomic mass is 10.1. The Morgan fingerprint density at radius 3 is 3.29 bits per heavy atom. The Morgan fingerprint density at radius 2 is 2.50 bits per heavy atom. The lowest BCUT2D eigenvalue weighted by Gasteiger charge is -2.05. The van der Waals surface area contributed by atoms with Crippen molar-refractivity contribution in [1.29, 1.82) is 0 Å². The van der Waals surface area contributed by atoms with E-state index in [9.17, 15) is 0 Å². The molecule has 72 valence electrons. The fraction of sp³-hybridized carbons (Fsp3) is 0.333. The summed E-state index contributed by atoms with van der Waals surface area (Å²) in [5.74, 6) is 0.895. The summed E-state index contributed by atoms with van der Waals surface area (Å²) in [5, 5.41) is 3.50. The molecule has 2 rings (SSSR count). The van der Waals surface area contributed by atoms with Crippen molar-refractivity contribution < 1.29 is 4.74 Å². The lowest BCUT2D eigenvalue weighted by Crippen LogP contribution is -2.16. The monoisotopic (exact) mass is 253 g/mol. The predicted octanol–water partition coefficient (Wildman–Crippen LogP) is 3.06. The molecule has 4 nitrogen and oxygen atoms in total. The summed E-state index contributed by atoms with van der Waals surface area (Å²) in [4.78, 5) is 2.72. The molecule has 1 aliphatic heterocycles. The molecule has 0 saturated heterocycles. The molecule has 0 saturated carbocycles. The molecule has 1 aliphatic rings. The third kappa shape index (κ3) is 1.84. The first-order valence-electron chi connectivity index (χ1n) is 4.25. The van der Waals surface area contributed by atoms with Crippen LogP contribution in [0.25, 0.3) is 10.4 Å². The molecular weight excluding hydrogens is 246 g/mol. The number of azide groups is 1. The summed E-state index contributed by atoms with van der Waals surface area (Å²) in [6, 6.07) is 5.90. The highest BCUT2D eigenvalue weighted by atomic mass is 79.9. The van der Waals surface area contributed by atoms with Crippen LogP contribution < -0.4 is 4.74 Å². The van der Waals surface area contributed by atoms with Crippen molar-refractivity contribution in [2.24, 2.45) is 5.11 Å². The van der Waals surface area contributed by atoms with Gasteiger partial charge in [-0.3, -0.25) is 0 Å². The van der Waals surface area contributed by atoms with Crippen LogP contribution in [0.15, 0.2) is 27.8 Å². The Morgan fingerprint density at radius 1 is 1.64 bits per heavy atom. The van der Waals surface area contributed by atoms with Gasteiger partial charge < -0.3 is 4.74 Å². The zero-order valence-corrected chi connectivity index (χ0v) is 8.94. The molecule has 0 N–H and O–H groups in total. The molecule has 1 aromatic rings. The minimum Gasteiger partial charge on any atom is -0.490 e. The Labute approximate surface area is 89.6 Å². The van der Waals surface area contributed by atoms with E-state index in [1.165, 1.54) is 0 Å². The highest BCUT2D eigenvalue weighted by molar-refractivity contribution is 9.10. The predicted molar refractivity (Wildman–Crippen MR) is 56.3 cm³/mol. The van der Waals surface area contributed by atoms with Gasteiger partial charge in [0.25, 0.3) is 0 Å². The van der Waals surface area contributed by atoms with Crippen LogP contribution in [-0.2, 0) is 6.42 Å². The van der Waals surface area contributed by atoms with Crippen molar-refractivity contribution in [3.8, 4) is 5.75 Å². The summed E-state index contributed by atoms with van der Waals surface area (Å²) >= 11 is 3.40. The number of benzene rings is 1. The number of halogens is 1. The number of rotatable bonds is 2. The van der Waals surface area contributed by atoms with E-state index in [0.29, 0.717) is 6.54 Å². The third-order valence-electron chi connectivity index (χ3n) is 2.11. The Hall–Kier alpha value is -1.19. The molecule has 0 unspecified atom stereocenters. The van der Waals surface area contributed by atoms with Crippen molar-refractivity contribution in [2.45, 2.75) is 12.5 Å². The van der Waals surface area contributed by atoms with E-state index in [2.05, 4.69) is 26.0 Å². The van der Waals surface area contributed by atoms with Crippen molar-refractivity contribution in [3.05, 3.63) is 38.7 Å². The van der Waals surface area contributed by atoms with E-state index in [1.807, 2.05) is 18.2 Å². The number of hydrogen-bond donors (Lipinski definition) is 0. The van der Waals surface area contributed by atoms with Gasteiger partial charge in [0.15, 0.2) is 0 Å². The molecule has 0 fully saturated rings. The summed E-state index contributed by atoms with van der Waals surface area (Å²) in [7, 11) is 0. The van der Waals surface area contributed by atoms with Gasteiger partial charge in [-0.05, 0) is 29.3 Å². The Bertz CT molecular complexity index is 401. The second-order valence-electron chi connectivity index (χ2n) is 3.11. The SMILES string of the molecule is [N-]=[N+]=NC[C@H]1Cc2cc(Br)ccc2O1. The third-order valence-corrected chi connectivity index (χ3v) is 2.61. The molecule has 0 bridgehead atoms. The largest absolute Gasteiger partial charge is 0.490 e. The second-order valence-corrected chi connectivity index (χ2v) is 4.03. The van der Waals surface area contributed by atoms with Gasteiger partial charge in [0.05, 0.1) is 6.54 Å². The summed E-state index contributed by atoms with van der Waals surface area (Å²) in [6.07, 6.45) is 0.809. The first-order chi connectivity index (χ1) is 6.79. The van der Waals surface area contributed by atoms with E-state index in [4.69, 9.17) is 10.3 Å². The molecule has 0 amide bonds. The molecule has 0 aliphatic carbocycles. The summed E-state index contributed by atoms with van der Waals surface area (Å²) in [6.45, 7) is 0.392. The maximum Gasteiger partial charge on any atom is 0.123 e. The zero-order chi connectivity index (χ0) is 9.97. The first kappa shape index (κ1) is 9.37. The molecule has 14 heavy (non-hydrogen) atoms. The number of hydrogen-bond acceptors (Lipinski definition) is 2. The average molecular weight is 254 g/mol. The zero-order valence-electron chi connectivity index (χ0n) is 7.35. The van der Waals surface area contributed by atoms with Crippen LogP contribution in [0.4, 0.5) is 0 Å². The number of fused-ring (bicyclic) bond motifs is 1. The van der Waals surface area contributed by atoms with Gasteiger partial charge in [0.1, 0.15) is 11.9 Å². The van der Waals surface area contributed by atoms with Crippen molar-refractivity contribution in [3.63, 3.8) is 0 Å². The molecule has 0 radical (unpaired) electrons. The van der Waals surface area contributed by atoms with Crippen LogP contribution in [0.1, 0.15) is 5.56 Å². The van der Waals surface area contributed by atoms with Gasteiger partial charge in [-0.2, -0.15) is 0 Å². The van der Waals surface area contributed by atoms with E-state index in [1.54, 1.807) is 0 Å². The fourth-order valence-electron chi connectivity index (χ4n) is 1.52. The quantitative estimate of drug-likeness (QED) is 0.454. The van der Waals surface area contributed by atoms with Gasteiger partial charge >= 0.3 is 0 Å². The van der Waals surface area contributed by atoms with Gasteiger partial charge in [-0.25, -0.2) is 0 Å². The first-order valence-corrected chi connectivity index (χ1v) is 5.05. The van der Waals surface area contributed by atoms with Crippen LogP contribution >= 0.6 is 15.9 Å². The van der Waals surface area contributed by atoms with Crippen LogP contribution in [0.5, 0.6) is 5.75 Å². The van der Waals surface area contributed by atoms with Crippen molar-refractivity contribution in [1.82, 2.24) is 0 Å². The van der Waals surface area contributed by atoms with Crippen LogP contribution in [0.3, 0.4) is 0 Å². The number of ether oxygens (including phenoxy) is 1. The maximum atomic E-state index is 8.18. The second kappa shape index (κ2) is 3.90. The minimum absolute atomic E-state index is 0.00444. The molecule has 0 spiro atoms. The van der Waals surface area contributed by atoms with Crippen molar-refractivity contribution in [2.75, 3.05) is 6.54 Å². The molecule has 1 aromatic carbocycles. The Balaban J connectivity index is 2.13. The molecule has 1 heterocycles. The van der Waals surface area contributed by atoms with Gasteiger partial charge in [-0.15, -0.1) is 0 Å². The van der Waals surface area contributed by atoms with E-state index >= 15 is 0 Å². The molecular formula is C9H8BrN3O. The van der Waals surface area contributed by atoms with E-state index in [0.717, 1.165) is 22.2 Å². The Kier molecular flexibility index (Phi) is 2.61. The topological polar surface area (TPSA) is 58.0 Å². The summed E-state index contributed by atoms with van der Waals surface area (Å²) < 4.78 is 6.62. The van der Waals surface area contributed by atoms with Gasteiger partial charge in [0.2, 0.25) is 0 Å².